The van der Waals surface area contributed by atoms with Gasteiger partial charge in [-0.05, 0) is 31.5 Å². The third-order valence-electron chi connectivity index (χ3n) is 3.32. The van der Waals surface area contributed by atoms with Gasteiger partial charge in [-0.1, -0.05) is 12.1 Å². The number of rotatable bonds is 2. The van der Waals surface area contributed by atoms with E-state index in [9.17, 15) is 0 Å². The molecule has 0 fully saturated rings. The van der Waals surface area contributed by atoms with Crippen molar-refractivity contribution in [3.8, 4) is 16.9 Å². The summed E-state index contributed by atoms with van der Waals surface area (Å²) in [6.07, 6.45) is 0. The maximum atomic E-state index is 6.26. The van der Waals surface area contributed by atoms with Gasteiger partial charge < -0.3 is 10.5 Å². The van der Waals surface area contributed by atoms with Gasteiger partial charge in [0.15, 0.2) is 5.65 Å². The van der Waals surface area contributed by atoms with Gasteiger partial charge in [0, 0.05) is 11.6 Å². The van der Waals surface area contributed by atoms with Crippen LogP contribution in [0.25, 0.3) is 16.8 Å². The molecular weight excluding hydrogens is 252 g/mol. The first-order chi connectivity index (χ1) is 9.60. The normalized spacial score (nSPS) is 10.9. The van der Waals surface area contributed by atoms with Crippen LogP contribution in [0.5, 0.6) is 5.75 Å². The second-order valence-electron chi connectivity index (χ2n) is 4.74. The van der Waals surface area contributed by atoms with Gasteiger partial charge >= 0.3 is 0 Å². The minimum atomic E-state index is 0.603. The summed E-state index contributed by atoms with van der Waals surface area (Å²) in [7, 11) is 1.65. The van der Waals surface area contributed by atoms with Gasteiger partial charge in [-0.3, -0.25) is 0 Å². The molecular formula is C15H16N4O. The topological polar surface area (TPSA) is 65.4 Å². The van der Waals surface area contributed by atoms with Gasteiger partial charge in [-0.15, -0.1) is 0 Å². The molecule has 0 atom stereocenters. The molecule has 20 heavy (non-hydrogen) atoms. The Hall–Kier alpha value is -2.56. The van der Waals surface area contributed by atoms with Crippen LogP contribution in [-0.4, -0.2) is 21.7 Å². The van der Waals surface area contributed by atoms with Crippen molar-refractivity contribution in [2.45, 2.75) is 13.8 Å². The zero-order valence-electron chi connectivity index (χ0n) is 11.7. The number of nitrogens with zero attached hydrogens (tertiary/aromatic N) is 3. The van der Waals surface area contributed by atoms with E-state index in [0.29, 0.717) is 5.82 Å². The van der Waals surface area contributed by atoms with Crippen molar-refractivity contribution in [2.75, 3.05) is 12.8 Å². The van der Waals surface area contributed by atoms with Crippen molar-refractivity contribution in [3.05, 3.63) is 41.7 Å². The standard InChI is InChI=1S/C15H16N4O/c1-9-8-13-17-10(2)14(15(16)19(13)18-9)11-4-6-12(20-3)7-5-11/h4-8H,16H2,1-3H3. The summed E-state index contributed by atoms with van der Waals surface area (Å²) in [6.45, 7) is 3.88. The number of methoxy groups -OCH3 is 1. The molecule has 3 aromatic rings. The van der Waals surface area contributed by atoms with Crippen LogP contribution in [0.1, 0.15) is 11.4 Å². The number of nitrogen functional groups attached to an aromatic ring is 1. The number of benzene rings is 1. The van der Waals surface area contributed by atoms with Crippen LogP contribution >= 0.6 is 0 Å². The Morgan fingerprint density at radius 2 is 1.85 bits per heavy atom. The summed E-state index contributed by atoms with van der Waals surface area (Å²) in [5, 5.41) is 4.38. The van der Waals surface area contributed by atoms with Crippen molar-refractivity contribution in [2.24, 2.45) is 0 Å². The Morgan fingerprint density at radius 1 is 1.15 bits per heavy atom. The molecule has 0 aliphatic rings. The number of ether oxygens (including phenoxy) is 1. The van der Waals surface area contributed by atoms with Crippen LogP contribution in [0.2, 0.25) is 0 Å². The van der Waals surface area contributed by atoms with Gasteiger partial charge in [0.1, 0.15) is 11.6 Å². The van der Waals surface area contributed by atoms with E-state index in [1.54, 1.807) is 11.6 Å². The van der Waals surface area contributed by atoms with E-state index in [-0.39, 0.29) is 0 Å². The van der Waals surface area contributed by atoms with E-state index >= 15 is 0 Å². The number of anilines is 1. The minimum Gasteiger partial charge on any atom is -0.497 e. The molecule has 0 aliphatic carbocycles. The van der Waals surface area contributed by atoms with Crippen molar-refractivity contribution in [1.82, 2.24) is 14.6 Å². The van der Waals surface area contributed by atoms with E-state index in [1.807, 2.05) is 44.2 Å². The van der Waals surface area contributed by atoms with Crippen LogP contribution < -0.4 is 10.5 Å². The summed E-state index contributed by atoms with van der Waals surface area (Å²) in [4.78, 5) is 4.57. The molecule has 102 valence electrons. The second-order valence-corrected chi connectivity index (χ2v) is 4.74. The largest absolute Gasteiger partial charge is 0.497 e. The molecule has 1 aromatic carbocycles. The summed E-state index contributed by atoms with van der Waals surface area (Å²) in [5.41, 5.74) is 10.7. The molecule has 5 nitrogen and oxygen atoms in total. The van der Waals surface area contributed by atoms with Gasteiger partial charge in [0.2, 0.25) is 0 Å². The van der Waals surface area contributed by atoms with Gasteiger partial charge in [-0.25, -0.2) is 4.98 Å². The molecule has 0 aliphatic heterocycles. The van der Waals surface area contributed by atoms with E-state index in [4.69, 9.17) is 10.5 Å². The quantitative estimate of drug-likeness (QED) is 0.776. The number of aryl methyl sites for hydroxylation is 2. The lowest BCUT2D eigenvalue weighted by Crippen LogP contribution is -2.05. The number of aromatic nitrogens is 3. The first kappa shape index (κ1) is 12.5. The maximum absolute atomic E-state index is 6.26. The van der Waals surface area contributed by atoms with Crippen molar-refractivity contribution < 1.29 is 4.74 Å². The smallest absolute Gasteiger partial charge is 0.157 e. The first-order valence-electron chi connectivity index (χ1n) is 6.37. The molecule has 3 rings (SSSR count). The fraction of sp³-hybridized carbons (Fsp3) is 0.200. The van der Waals surface area contributed by atoms with E-state index in [2.05, 4.69) is 10.1 Å². The number of nitrogens with two attached hydrogens (primary N) is 1. The first-order valence-corrected chi connectivity index (χ1v) is 6.37. The highest BCUT2D eigenvalue weighted by Gasteiger charge is 2.13. The fourth-order valence-corrected chi connectivity index (χ4v) is 2.38. The summed E-state index contributed by atoms with van der Waals surface area (Å²) >= 11 is 0. The van der Waals surface area contributed by atoms with Crippen LogP contribution in [0, 0.1) is 13.8 Å². The molecule has 0 bridgehead atoms. The molecule has 2 aromatic heterocycles. The predicted octanol–water partition coefficient (Wildman–Crippen LogP) is 2.60. The predicted molar refractivity (Wildman–Crippen MR) is 78.9 cm³/mol. The lowest BCUT2D eigenvalue weighted by atomic mass is 10.0. The van der Waals surface area contributed by atoms with E-state index in [1.165, 1.54) is 0 Å². The monoisotopic (exact) mass is 268 g/mol. The highest BCUT2D eigenvalue weighted by atomic mass is 16.5. The lowest BCUT2D eigenvalue weighted by Gasteiger charge is -2.11. The molecule has 5 heteroatoms. The number of fused-ring (bicyclic) bond motifs is 1. The van der Waals surface area contributed by atoms with E-state index in [0.717, 1.165) is 33.9 Å². The van der Waals surface area contributed by atoms with Crippen molar-refractivity contribution in [1.29, 1.82) is 0 Å². The third kappa shape index (κ3) is 1.87. The molecule has 2 N–H and O–H groups in total. The average Bonchev–Trinajstić information content (AvgIpc) is 2.80. The average molecular weight is 268 g/mol. The van der Waals surface area contributed by atoms with Gasteiger partial charge in [0.05, 0.1) is 18.5 Å². The molecule has 0 saturated carbocycles. The number of hydrogen-bond acceptors (Lipinski definition) is 4. The van der Waals surface area contributed by atoms with Crippen molar-refractivity contribution >= 4 is 11.5 Å². The summed E-state index contributed by atoms with van der Waals surface area (Å²) < 4.78 is 6.86. The molecule has 0 saturated heterocycles. The van der Waals surface area contributed by atoms with Gasteiger partial charge in [0.25, 0.3) is 0 Å². The van der Waals surface area contributed by atoms with E-state index < -0.39 is 0 Å². The molecule has 2 heterocycles. The fourth-order valence-electron chi connectivity index (χ4n) is 2.38. The zero-order valence-corrected chi connectivity index (χ0v) is 11.7. The minimum absolute atomic E-state index is 0.603. The molecule has 0 unspecified atom stereocenters. The molecule has 0 spiro atoms. The maximum Gasteiger partial charge on any atom is 0.157 e. The van der Waals surface area contributed by atoms with Crippen LogP contribution in [-0.2, 0) is 0 Å². The Morgan fingerprint density at radius 3 is 2.50 bits per heavy atom. The Balaban J connectivity index is 2.23. The van der Waals surface area contributed by atoms with Crippen LogP contribution in [0.4, 0.5) is 5.82 Å². The Labute approximate surface area is 117 Å². The molecule has 0 radical (unpaired) electrons. The highest BCUT2D eigenvalue weighted by Crippen LogP contribution is 2.30. The second kappa shape index (κ2) is 4.52. The summed E-state index contributed by atoms with van der Waals surface area (Å²) in [6, 6.07) is 9.68. The van der Waals surface area contributed by atoms with Crippen LogP contribution in [0.15, 0.2) is 30.3 Å². The van der Waals surface area contributed by atoms with Gasteiger partial charge in [-0.2, -0.15) is 9.61 Å². The summed E-state index contributed by atoms with van der Waals surface area (Å²) in [5.74, 6) is 1.42. The highest BCUT2D eigenvalue weighted by molar-refractivity contribution is 5.78. The Kier molecular flexibility index (Phi) is 2.82. The SMILES string of the molecule is COc1ccc(-c2c(C)nc3cc(C)nn3c2N)cc1. The van der Waals surface area contributed by atoms with Crippen molar-refractivity contribution in [3.63, 3.8) is 0 Å². The lowest BCUT2D eigenvalue weighted by molar-refractivity contribution is 0.415. The zero-order chi connectivity index (χ0) is 14.3. The Bertz CT molecular complexity index is 775. The number of hydrogen-bond donors (Lipinski definition) is 1. The van der Waals surface area contributed by atoms with Crippen LogP contribution in [0.3, 0.4) is 0 Å². The molecule has 0 amide bonds. The third-order valence-corrected chi connectivity index (χ3v) is 3.32.